The van der Waals surface area contributed by atoms with Crippen LogP contribution in [0.1, 0.15) is 0 Å². The highest BCUT2D eigenvalue weighted by atomic mass is 35.5. The summed E-state index contributed by atoms with van der Waals surface area (Å²) in [4.78, 5) is 0. The van der Waals surface area contributed by atoms with Gasteiger partial charge in [-0.15, -0.1) is 3.89 Å². The summed E-state index contributed by atoms with van der Waals surface area (Å²) in [5.74, 6) is 0. The molecule has 0 aromatic heterocycles. The fourth-order valence-corrected chi connectivity index (χ4v) is 0.638. The molecule has 0 aliphatic carbocycles. The van der Waals surface area contributed by atoms with Crippen LogP contribution in [0.15, 0.2) is 0 Å². The van der Waals surface area contributed by atoms with E-state index in [9.17, 15) is 21.1 Å². The van der Waals surface area contributed by atoms with Crippen molar-refractivity contribution in [2.24, 2.45) is 0 Å². The summed E-state index contributed by atoms with van der Waals surface area (Å²) in [6.45, 7) is 0. The minimum absolute atomic E-state index is 3.14. The molecule has 0 aliphatic rings. The summed E-state index contributed by atoms with van der Waals surface area (Å²) in [7, 11) is -5.81. The highest BCUT2D eigenvalue weighted by molar-refractivity contribution is 7.89. The summed E-state index contributed by atoms with van der Waals surface area (Å²) in [5, 5.41) is 0. The van der Waals surface area contributed by atoms with Crippen LogP contribution in [0.25, 0.3) is 0 Å². The molecule has 0 aromatic carbocycles. The third kappa shape index (κ3) is 1.90. The van der Waals surface area contributed by atoms with Gasteiger partial charge in [-0.2, -0.15) is 8.42 Å². The lowest BCUT2D eigenvalue weighted by Gasteiger charge is -2.11. The van der Waals surface area contributed by atoms with Crippen LogP contribution in [0.2, 0.25) is 0 Å². The molecule has 2 nitrogen and oxygen atoms in total. The van der Waals surface area contributed by atoms with Gasteiger partial charge in [0.1, 0.15) is 0 Å². The Labute approximate surface area is 65.1 Å². The second kappa shape index (κ2) is 2.75. The van der Waals surface area contributed by atoms with Gasteiger partial charge < -0.3 is 0 Å². The Morgan fingerprint density at radius 1 is 1.50 bits per heavy atom. The average Bonchev–Trinajstić information content (AvgIpc) is 1.62. The second-order valence-electron chi connectivity index (χ2n) is 1.30. The SMILES string of the molecule is O=S(=O)(F)C(F)(Cl)C(F)Cl. The maximum Gasteiger partial charge on any atom is 0.357 e. The lowest BCUT2D eigenvalue weighted by molar-refractivity contribution is 0.253. The first-order chi connectivity index (χ1) is 4.19. The topological polar surface area (TPSA) is 34.1 Å². The Hall–Kier alpha value is 0.320. The van der Waals surface area contributed by atoms with E-state index in [4.69, 9.17) is 0 Å². The van der Waals surface area contributed by atoms with E-state index in [0.29, 0.717) is 0 Å². The van der Waals surface area contributed by atoms with Crippen LogP contribution >= 0.6 is 23.2 Å². The molecule has 0 aromatic rings. The molecule has 0 aliphatic heterocycles. The van der Waals surface area contributed by atoms with Crippen molar-refractivity contribution < 1.29 is 21.1 Å². The standard InChI is InChI=1S/C2HCl2F3O2S/c3-1(5)2(4,6)10(7,8)9/h1H. The monoisotopic (exact) mass is 216 g/mol. The van der Waals surface area contributed by atoms with Gasteiger partial charge in [0, 0.05) is 0 Å². The number of hydrogen-bond acceptors (Lipinski definition) is 2. The van der Waals surface area contributed by atoms with E-state index in [2.05, 4.69) is 23.2 Å². The van der Waals surface area contributed by atoms with Crippen molar-refractivity contribution in [2.45, 2.75) is 10.1 Å². The average molecular weight is 217 g/mol. The third-order valence-electron chi connectivity index (χ3n) is 0.579. The lowest BCUT2D eigenvalue weighted by atomic mass is 10.8. The van der Waals surface area contributed by atoms with Gasteiger partial charge in [0.2, 0.25) is 5.63 Å². The normalized spacial score (nSPS) is 21.7. The van der Waals surface area contributed by atoms with Gasteiger partial charge in [-0.3, -0.25) is 0 Å². The number of halogens is 5. The number of rotatable bonds is 2. The Kier molecular flexibility index (Phi) is 2.84. The number of hydrogen-bond donors (Lipinski definition) is 0. The summed E-state index contributed by atoms with van der Waals surface area (Å²) in [5.41, 5.74) is -3.14. The molecule has 0 amide bonds. The zero-order valence-electron chi connectivity index (χ0n) is 4.19. The minimum Gasteiger partial charge on any atom is -0.224 e. The molecule has 0 saturated carbocycles. The maximum atomic E-state index is 12.0. The van der Waals surface area contributed by atoms with Crippen LogP contribution in [-0.2, 0) is 10.2 Å². The molecule has 62 valence electrons. The summed E-state index contributed by atoms with van der Waals surface area (Å²) >= 11 is 8.47. The Morgan fingerprint density at radius 3 is 1.80 bits per heavy atom. The van der Waals surface area contributed by atoms with Crippen molar-refractivity contribution >= 4 is 33.4 Å². The van der Waals surface area contributed by atoms with E-state index >= 15 is 0 Å². The quantitative estimate of drug-likeness (QED) is 0.520. The Bertz CT molecular complexity index is 211. The van der Waals surface area contributed by atoms with Crippen molar-refractivity contribution in [3.8, 4) is 0 Å². The van der Waals surface area contributed by atoms with Gasteiger partial charge in [-0.1, -0.05) is 23.2 Å². The Balaban J connectivity index is 4.76. The van der Waals surface area contributed by atoms with Crippen molar-refractivity contribution in [3.05, 3.63) is 0 Å². The molecular weight excluding hydrogens is 216 g/mol. The van der Waals surface area contributed by atoms with Crippen molar-refractivity contribution in [3.63, 3.8) is 0 Å². The molecule has 0 spiro atoms. The zero-order valence-corrected chi connectivity index (χ0v) is 6.52. The zero-order chi connectivity index (χ0) is 8.58. The molecule has 10 heavy (non-hydrogen) atoms. The van der Waals surface area contributed by atoms with Gasteiger partial charge in [0.15, 0.2) is 0 Å². The van der Waals surface area contributed by atoms with Gasteiger partial charge in [0.05, 0.1) is 0 Å². The largest absolute Gasteiger partial charge is 0.357 e. The van der Waals surface area contributed by atoms with E-state index in [-0.39, 0.29) is 0 Å². The van der Waals surface area contributed by atoms with Gasteiger partial charge in [0.25, 0.3) is 0 Å². The summed E-state index contributed by atoms with van der Waals surface area (Å²) < 4.78 is 50.2. The van der Waals surface area contributed by atoms with E-state index < -0.39 is 20.3 Å². The maximum absolute atomic E-state index is 12.0. The smallest absolute Gasteiger partial charge is 0.224 e. The molecule has 0 fully saturated rings. The van der Waals surface area contributed by atoms with E-state index in [1.807, 2.05) is 0 Å². The van der Waals surface area contributed by atoms with E-state index in [1.54, 1.807) is 0 Å². The minimum atomic E-state index is -5.81. The second-order valence-corrected chi connectivity index (χ2v) is 3.93. The van der Waals surface area contributed by atoms with Crippen molar-refractivity contribution in [2.75, 3.05) is 0 Å². The molecule has 0 rings (SSSR count). The Morgan fingerprint density at radius 2 is 1.80 bits per heavy atom. The number of alkyl halides is 4. The van der Waals surface area contributed by atoms with E-state index in [0.717, 1.165) is 0 Å². The van der Waals surface area contributed by atoms with Crippen LogP contribution in [0, 0.1) is 0 Å². The van der Waals surface area contributed by atoms with Crippen LogP contribution in [0.4, 0.5) is 12.7 Å². The molecule has 0 saturated heterocycles. The molecule has 0 radical (unpaired) electrons. The van der Waals surface area contributed by atoms with Crippen LogP contribution in [0.3, 0.4) is 0 Å². The lowest BCUT2D eigenvalue weighted by Crippen LogP contribution is -2.31. The van der Waals surface area contributed by atoms with Gasteiger partial charge in [-0.05, 0) is 0 Å². The van der Waals surface area contributed by atoms with Crippen molar-refractivity contribution in [1.29, 1.82) is 0 Å². The van der Waals surface area contributed by atoms with Gasteiger partial charge in [-0.25, -0.2) is 8.78 Å². The molecular formula is C2HCl2F3O2S. The fourth-order valence-electron chi connectivity index (χ4n) is 0.106. The predicted octanol–water partition coefficient (Wildman–Crippen LogP) is 1.68. The molecule has 8 heteroatoms. The first kappa shape index (κ1) is 10.3. The molecule has 0 heterocycles. The van der Waals surface area contributed by atoms with Crippen LogP contribution in [-0.4, -0.2) is 18.5 Å². The van der Waals surface area contributed by atoms with Gasteiger partial charge >= 0.3 is 14.7 Å². The first-order valence-electron chi connectivity index (χ1n) is 1.79. The molecule has 2 unspecified atom stereocenters. The summed E-state index contributed by atoms with van der Waals surface area (Å²) in [6, 6.07) is 0. The highest BCUT2D eigenvalue weighted by Gasteiger charge is 2.50. The third-order valence-corrected chi connectivity index (χ3v) is 2.72. The molecule has 2 atom stereocenters. The summed E-state index contributed by atoms with van der Waals surface area (Å²) in [6.07, 6.45) is 0. The highest BCUT2D eigenvalue weighted by Crippen LogP contribution is 2.34. The first-order valence-corrected chi connectivity index (χ1v) is 3.99. The van der Waals surface area contributed by atoms with Crippen LogP contribution in [0.5, 0.6) is 0 Å². The van der Waals surface area contributed by atoms with Crippen LogP contribution < -0.4 is 0 Å². The predicted molar refractivity (Wildman–Crippen MR) is 30.5 cm³/mol. The van der Waals surface area contributed by atoms with E-state index in [1.165, 1.54) is 0 Å². The molecule has 0 N–H and O–H groups in total. The molecule has 0 bridgehead atoms. The van der Waals surface area contributed by atoms with Crippen molar-refractivity contribution in [1.82, 2.24) is 0 Å². The fraction of sp³-hybridized carbons (Fsp3) is 1.00.